The van der Waals surface area contributed by atoms with Crippen molar-refractivity contribution in [3.05, 3.63) is 28.8 Å². The Balaban J connectivity index is 2.01. The molecule has 4 rings (SSSR count). The molecule has 0 amide bonds. The summed E-state index contributed by atoms with van der Waals surface area (Å²) in [6.45, 7) is 8.90. The number of carboxylic acid groups (broad SMARTS) is 1. The number of benzene rings is 1. The molecule has 31 heavy (non-hydrogen) atoms. The molecule has 2 saturated carbocycles. The number of carbonyl (C=O) groups excluding carboxylic acids is 1. The van der Waals surface area contributed by atoms with Crippen molar-refractivity contribution in [3.63, 3.8) is 0 Å². The van der Waals surface area contributed by atoms with Crippen LogP contribution in [0.4, 0.5) is 0 Å². The number of carboxylic acids is 1. The number of rotatable bonds is 2. The summed E-state index contributed by atoms with van der Waals surface area (Å²) in [7, 11) is -2.53. The molecule has 0 radical (unpaired) electrons. The highest BCUT2D eigenvalue weighted by molar-refractivity contribution is 7.91. The predicted octanol–water partition coefficient (Wildman–Crippen LogP) is 4.46. The quantitative estimate of drug-likeness (QED) is 0.671. The summed E-state index contributed by atoms with van der Waals surface area (Å²) in [4.78, 5) is 24.4. The Labute approximate surface area is 184 Å². The number of aromatic carboxylic acids is 1. The van der Waals surface area contributed by atoms with Crippen LogP contribution in [-0.4, -0.2) is 38.3 Å². The summed E-state index contributed by atoms with van der Waals surface area (Å²) in [6, 6.07) is 2.52. The summed E-state index contributed by atoms with van der Waals surface area (Å²) in [5, 5.41) is 9.54. The highest BCUT2D eigenvalue weighted by Gasteiger charge is 2.62. The van der Waals surface area contributed by atoms with Crippen molar-refractivity contribution in [1.29, 1.82) is 0 Å². The van der Waals surface area contributed by atoms with E-state index in [9.17, 15) is 23.1 Å². The number of methoxy groups -OCH3 is 1. The molecule has 6 nitrogen and oxygen atoms in total. The SMILES string of the molecule is COC(=O)c1cc(C(=O)O)cc2c1[C@]1(C)CC[C@H]3C(C)(C)CCC[C@]3(C)[C@H]1CS2(=O)=O. The molecular weight excluding hydrogens is 416 g/mol. The number of fused-ring (bicyclic) bond motifs is 5. The van der Waals surface area contributed by atoms with Gasteiger partial charge in [0.2, 0.25) is 0 Å². The molecule has 0 saturated heterocycles. The van der Waals surface area contributed by atoms with Crippen LogP contribution in [0.5, 0.6) is 0 Å². The van der Waals surface area contributed by atoms with E-state index >= 15 is 0 Å². The van der Waals surface area contributed by atoms with Gasteiger partial charge in [-0.15, -0.1) is 0 Å². The minimum absolute atomic E-state index is 0.0105. The van der Waals surface area contributed by atoms with E-state index < -0.39 is 27.2 Å². The number of carbonyl (C=O) groups is 2. The van der Waals surface area contributed by atoms with Crippen LogP contribution in [0.1, 0.15) is 86.1 Å². The van der Waals surface area contributed by atoms with Gasteiger partial charge in [-0.2, -0.15) is 0 Å². The Bertz CT molecular complexity index is 1070. The minimum atomic E-state index is -3.77. The van der Waals surface area contributed by atoms with Gasteiger partial charge in [0.05, 0.1) is 28.9 Å². The number of hydrogen-bond acceptors (Lipinski definition) is 5. The fourth-order valence-electron chi connectivity index (χ4n) is 7.48. The zero-order valence-electron chi connectivity index (χ0n) is 18.9. The third-order valence-corrected chi connectivity index (χ3v) is 10.6. The first kappa shape index (κ1) is 22.3. The molecule has 0 aromatic heterocycles. The zero-order valence-corrected chi connectivity index (χ0v) is 19.8. The fraction of sp³-hybridized carbons (Fsp3) is 0.667. The molecule has 3 aliphatic rings. The van der Waals surface area contributed by atoms with Crippen LogP contribution >= 0.6 is 0 Å². The zero-order chi connectivity index (χ0) is 23.0. The van der Waals surface area contributed by atoms with Crippen molar-refractivity contribution in [3.8, 4) is 0 Å². The molecule has 1 aromatic rings. The molecule has 1 N–H and O–H groups in total. The predicted molar refractivity (Wildman–Crippen MR) is 116 cm³/mol. The standard InChI is InChI=1S/C24H32O6S/c1-22(2)8-6-9-23(3)17(22)7-10-24(4)18(23)13-31(28,29)16-12-14(20(25)26)11-15(19(16)24)21(27)30-5/h11-12,17-18H,6-10,13H2,1-5H3,(H,25,26)/t17-,18+,23-,24+/m0/s1. The third kappa shape index (κ3) is 3.06. The molecule has 0 spiro atoms. The van der Waals surface area contributed by atoms with Crippen molar-refractivity contribution in [2.45, 2.75) is 70.1 Å². The van der Waals surface area contributed by atoms with Crippen molar-refractivity contribution in [2.24, 2.45) is 22.7 Å². The molecule has 7 heteroatoms. The maximum Gasteiger partial charge on any atom is 0.338 e. The van der Waals surface area contributed by atoms with Crippen LogP contribution < -0.4 is 0 Å². The van der Waals surface area contributed by atoms with Gasteiger partial charge in [-0.3, -0.25) is 0 Å². The second-order valence-corrected chi connectivity index (χ2v) is 12.9. The van der Waals surface area contributed by atoms with Gasteiger partial charge in [0.25, 0.3) is 0 Å². The Morgan fingerprint density at radius 3 is 2.35 bits per heavy atom. The van der Waals surface area contributed by atoms with Crippen LogP contribution in [0, 0.1) is 22.7 Å². The average Bonchev–Trinajstić information content (AvgIpc) is 2.68. The maximum atomic E-state index is 13.5. The van der Waals surface area contributed by atoms with E-state index in [0.717, 1.165) is 32.1 Å². The molecule has 1 heterocycles. The van der Waals surface area contributed by atoms with Crippen molar-refractivity contribution >= 4 is 21.8 Å². The van der Waals surface area contributed by atoms with Gasteiger partial charge in [0, 0.05) is 0 Å². The summed E-state index contributed by atoms with van der Waals surface area (Å²) in [6.07, 6.45) is 4.88. The molecule has 170 valence electrons. The molecule has 2 aliphatic carbocycles. The summed E-state index contributed by atoms with van der Waals surface area (Å²) in [5.41, 5.74) is -0.243. The van der Waals surface area contributed by atoms with E-state index in [1.165, 1.54) is 19.2 Å². The van der Waals surface area contributed by atoms with Crippen LogP contribution in [0.3, 0.4) is 0 Å². The summed E-state index contributed by atoms with van der Waals surface area (Å²) in [5.74, 6) is -1.70. The van der Waals surface area contributed by atoms with Gasteiger partial charge >= 0.3 is 11.9 Å². The Kier molecular flexibility index (Phi) is 4.90. The minimum Gasteiger partial charge on any atom is -0.478 e. The Morgan fingerprint density at radius 2 is 1.74 bits per heavy atom. The largest absolute Gasteiger partial charge is 0.478 e. The summed E-state index contributed by atoms with van der Waals surface area (Å²) >= 11 is 0. The van der Waals surface area contributed by atoms with Crippen LogP contribution in [-0.2, 0) is 20.0 Å². The lowest BCUT2D eigenvalue weighted by molar-refractivity contribution is -0.0983. The molecular formula is C24H32O6S. The highest BCUT2D eigenvalue weighted by atomic mass is 32.2. The second kappa shape index (κ2) is 6.80. The van der Waals surface area contributed by atoms with E-state index in [1.54, 1.807) is 0 Å². The molecule has 1 aliphatic heterocycles. The van der Waals surface area contributed by atoms with E-state index in [4.69, 9.17) is 4.74 Å². The van der Waals surface area contributed by atoms with Gasteiger partial charge in [-0.1, -0.05) is 34.1 Å². The highest BCUT2D eigenvalue weighted by Crippen LogP contribution is 2.66. The van der Waals surface area contributed by atoms with Gasteiger partial charge < -0.3 is 9.84 Å². The van der Waals surface area contributed by atoms with Gasteiger partial charge in [0.15, 0.2) is 9.84 Å². The van der Waals surface area contributed by atoms with E-state index in [0.29, 0.717) is 11.5 Å². The fourth-order valence-corrected chi connectivity index (χ4v) is 9.80. The van der Waals surface area contributed by atoms with Crippen LogP contribution in [0.25, 0.3) is 0 Å². The molecule has 4 atom stereocenters. The van der Waals surface area contributed by atoms with Crippen molar-refractivity contribution in [1.82, 2.24) is 0 Å². The van der Waals surface area contributed by atoms with E-state index in [2.05, 4.69) is 27.7 Å². The smallest absolute Gasteiger partial charge is 0.338 e. The number of esters is 1. The van der Waals surface area contributed by atoms with Crippen molar-refractivity contribution < 1.29 is 27.9 Å². The topological polar surface area (TPSA) is 97.7 Å². The second-order valence-electron chi connectivity index (χ2n) is 10.9. The van der Waals surface area contributed by atoms with Crippen molar-refractivity contribution in [2.75, 3.05) is 12.9 Å². The van der Waals surface area contributed by atoms with Crippen LogP contribution in [0.15, 0.2) is 17.0 Å². The number of hydrogen-bond donors (Lipinski definition) is 1. The lowest BCUT2D eigenvalue weighted by Gasteiger charge is -2.64. The molecule has 0 bridgehead atoms. The maximum absolute atomic E-state index is 13.5. The number of ether oxygens (including phenoxy) is 1. The van der Waals surface area contributed by atoms with E-state index in [-0.39, 0.29) is 38.5 Å². The molecule has 1 aromatic carbocycles. The lowest BCUT2D eigenvalue weighted by Crippen LogP contribution is -2.60. The van der Waals surface area contributed by atoms with Gasteiger partial charge in [-0.25, -0.2) is 18.0 Å². The van der Waals surface area contributed by atoms with Gasteiger partial charge in [0.1, 0.15) is 0 Å². The molecule has 2 fully saturated rings. The third-order valence-electron chi connectivity index (χ3n) is 8.84. The average molecular weight is 449 g/mol. The summed E-state index contributed by atoms with van der Waals surface area (Å²) < 4.78 is 32.1. The Morgan fingerprint density at radius 1 is 1.06 bits per heavy atom. The lowest BCUT2D eigenvalue weighted by atomic mass is 9.42. The first-order valence-corrected chi connectivity index (χ1v) is 12.7. The first-order chi connectivity index (χ1) is 14.3. The van der Waals surface area contributed by atoms with Crippen LogP contribution in [0.2, 0.25) is 0 Å². The number of sulfone groups is 1. The first-order valence-electron chi connectivity index (χ1n) is 11.0. The normalized spacial score (nSPS) is 35.3. The molecule has 0 unspecified atom stereocenters. The Hall–Kier alpha value is -1.89. The monoisotopic (exact) mass is 448 g/mol. The van der Waals surface area contributed by atoms with Gasteiger partial charge in [-0.05, 0) is 71.5 Å². The van der Waals surface area contributed by atoms with E-state index in [1.807, 2.05) is 0 Å².